The molecule has 0 amide bonds. The fourth-order valence-corrected chi connectivity index (χ4v) is 1.04. The van der Waals surface area contributed by atoms with E-state index in [0.717, 1.165) is 5.56 Å². The first-order valence-corrected chi connectivity index (χ1v) is 3.67. The van der Waals surface area contributed by atoms with Crippen LogP contribution in [0.25, 0.3) is 0 Å². The van der Waals surface area contributed by atoms with Gasteiger partial charge in [0.1, 0.15) is 5.75 Å². The van der Waals surface area contributed by atoms with Crippen LogP contribution in [0.3, 0.4) is 0 Å². The number of phenolic OH excluding ortho intramolecular Hbond substituents is 1. The SMILES string of the molecule is CC(=N)c1cc(O)c(C)cc1N. The second-order valence-electron chi connectivity index (χ2n) is 2.85. The molecule has 0 heterocycles. The van der Waals surface area contributed by atoms with Gasteiger partial charge >= 0.3 is 0 Å². The van der Waals surface area contributed by atoms with Crippen LogP contribution in [0.5, 0.6) is 5.75 Å². The second-order valence-corrected chi connectivity index (χ2v) is 2.85. The molecule has 0 atom stereocenters. The molecule has 0 bridgehead atoms. The fourth-order valence-electron chi connectivity index (χ4n) is 1.04. The van der Waals surface area contributed by atoms with E-state index in [9.17, 15) is 5.11 Å². The molecule has 3 heteroatoms. The topological polar surface area (TPSA) is 70.1 Å². The monoisotopic (exact) mass is 164 g/mol. The van der Waals surface area contributed by atoms with Crippen LogP contribution in [0.1, 0.15) is 18.1 Å². The molecule has 0 saturated heterocycles. The zero-order chi connectivity index (χ0) is 9.30. The largest absolute Gasteiger partial charge is 0.508 e. The van der Waals surface area contributed by atoms with E-state index >= 15 is 0 Å². The molecule has 64 valence electrons. The minimum absolute atomic E-state index is 0.186. The maximum absolute atomic E-state index is 9.32. The van der Waals surface area contributed by atoms with Crippen molar-refractivity contribution in [1.82, 2.24) is 0 Å². The Kier molecular flexibility index (Phi) is 2.04. The highest BCUT2D eigenvalue weighted by Crippen LogP contribution is 2.23. The van der Waals surface area contributed by atoms with Gasteiger partial charge in [-0.2, -0.15) is 0 Å². The van der Waals surface area contributed by atoms with Crippen molar-refractivity contribution in [2.45, 2.75) is 13.8 Å². The summed E-state index contributed by atoms with van der Waals surface area (Å²) in [4.78, 5) is 0. The summed E-state index contributed by atoms with van der Waals surface area (Å²) in [6.07, 6.45) is 0. The number of hydrogen-bond donors (Lipinski definition) is 3. The fraction of sp³-hybridized carbons (Fsp3) is 0.222. The van der Waals surface area contributed by atoms with E-state index in [1.54, 1.807) is 19.9 Å². The maximum atomic E-state index is 9.32. The zero-order valence-corrected chi connectivity index (χ0v) is 7.18. The molecule has 0 fully saturated rings. The number of aromatic hydroxyl groups is 1. The highest BCUT2D eigenvalue weighted by atomic mass is 16.3. The summed E-state index contributed by atoms with van der Waals surface area (Å²) in [7, 11) is 0. The minimum atomic E-state index is 0.186. The number of aryl methyl sites for hydroxylation is 1. The van der Waals surface area contributed by atoms with Crippen LogP contribution in [0.4, 0.5) is 5.69 Å². The Morgan fingerprint density at radius 2 is 2.08 bits per heavy atom. The molecule has 1 rings (SSSR count). The van der Waals surface area contributed by atoms with Crippen molar-refractivity contribution in [3.05, 3.63) is 23.3 Å². The van der Waals surface area contributed by atoms with Crippen molar-refractivity contribution in [1.29, 1.82) is 5.41 Å². The van der Waals surface area contributed by atoms with Gasteiger partial charge in [0, 0.05) is 17.0 Å². The summed E-state index contributed by atoms with van der Waals surface area (Å²) >= 11 is 0. The Bertz CT molecular complexity index is 332. The van der Waals surface area contributed by atoms with Gasteiger partial charge in [0.2, 0.25) is 0 Å². The lowest BCUT2D eigenvalue weighted by molar-refractivity contribution is 0.471. The van der Waals surface area contributed by atoms with E-state index in [2.05, 4.69) is 0 Å². The van der Waals surface area contributed by atoms with Gasteiger partial charge in [-0.25, -0.2) is 0 Å². The Labute approximate surface area is 71.3 Å². The highest BCUT2D eigenvalue weighted by molar-refractivity contribution is 6.01. The van der Waals surface area contributed by atoms with Crippen molar-refractivity contribution in [3.63, 3.8) is 0 Å². The van der Waals surface area contributed by atoms with Crippen molar-refractivity contribution in [2.75, 3.05) is 5.73 Å². The molecule has 1 aromatic carbocycles. The predicted molar refractivity (Wildman–Crippen MR) is 49.8 cm³/mol. The third kappa shape index (κ3) is 1.39. The minimum Gasteiger partial charge on any atom is -0.508 e. The molecule has 0 radical (unpaired) electrons. The average Bonchev–Trinajstić information content (AvgIpc) is 1.96. The van der Waals surface area contributed by atoms with Crippen molar-refractivity contribution in [2.24, 2.45) is 0 Å². The van der Waals surface area contributed by atoms with E-state index in [1.807, 2.05) is 0 Å². The number of benzene rings is 1. The maximum Gasteiger partial charge on any atom is 0.119 e. The van der Waals surface area contributed by atoms with Crippen LogP contribution in [0, 0.1) is 12.3 Å². The average molecular weight is 164 g/mol. The molecule has 1 aromatic rings. The van der Waals surface area contributed by atoms with Crippen LogP contribution in [0.2, 0.25) is 0 Å². The van der Waals surface area contributed by atoms with E-state index in [4.69, 9.17) is 11.1 Å². The molecule has 0 saturated carbocycles. The molecule has 0 aromatic heterocycles. The Balaban J connectivity index is 3.33. The lowest BCUT2D eigenvalue weighted by Gasteiger charge is -2.06. The smallest absolute Gasteiger partial charge is 0.119 e. The summed E-state index contributed by atoms with van der Waals surface area (Å²) < 4.78 is 0. The van der Waals surface area contributed by atoms with Gasteiger partial charge in [-0.1, -0.05) is 0 Å². The van der Waals surface area contributed by atoms with Crippen LogP contribution in [-0.2, 0) is 0 Å². The summed E-state index contributed by atoms with van der Waals surface area (Å²) in [6, 6.07) is 3.19. The summed E-state index contributed by atoms with van der Waals surface area (Å²) in [6.45, 7) is 3.41. The number of nitrogen functional groups attached to an aromatic ring is 1. The number of anilines is 1. The normalized spacial score (nSPS) is 9.83. The molecular formula is C9H12N2O. The molecule has 0 aliphatic carbocycles. The number of hydrogen-bond acceptors (Lipinski definition) is 3. The van der Waals surface area contributed by atoms with Gasteiger partial charge in [0.05, 0.1) is 0 Å². The van der Waals surface area contributed by atoms with E-state index in [-0.39, 0.29) is 5.75 Å². The molecule has 3 nitrogen and oxygen atoms in total. The lowest BCUT2D eigenvalue weighted by atomic mass is 10.1. The van der Waals surface area contributed by atoms with Gasteiger partial charge in [-0.15, -0.1) is 0 Å². The first-order valence-electron chi connectivity index (χ1n) is 3.67. The quantitative estimate of drug-likeness (QED) is 0.335. The third-order valence-corrected chi connectivity index (χ3v) is 1.77. The summed E-state index contributed by atoms with van der Waals surface area (Å²) in [5.41, 5.74) is 7.87. The van der Waals surface area contributed by atoms with E-state index in [1.165, 1.54) is 6.07 Å². The molecule has 0 aliphatic heterocycles. The van der Waals surface area contributed by atoms with Crippen LogP contribution < -0.4 is 5.73 Å². The lowest BCUT2D eigenvalue weighted by Crippen LogP contribution is -1.99. The Hall–Kier alpha value is -1.51. The summed E-state index contributed by atoms with van der Waals surface area (Å²) in [5.74, 6) is 0.186. The molecule has 0 aliphatic rings. The summed E-state index contributed by atoms with van der Waals surface area (Å²) in [5, 5.41) is 16.7. The van der Waals surface area contributed by atoms with Gasteiger partial charge in [-0.05, 0) is 31.5 Å². The van der Waals surface area contributed by atoms with Crippen LogP contribution >= 0.6 is 0 Å². The van der Waals surface area contributed by atoms with Crippen molar-refractivity contribution in [3.8, 4) is 5.75 Å². The molecule has 0 spiro atoms. The van der Waals surface area contributed by atoms with E-state index in [0.29, 0.717) is 17.0 Å². The van der Waals surface area contributed by atoms with Gasteiger partial charge in [-0.3, -0.25) is 0 Å². The standard InChI is InChI=1S/C9H12N2O/c1-5-3-8(11)7(6(2)10)4-9(5)12/h3-4,10,12H,11H2,1-2H3. The van der Waals surface area contributed by atoms with Crippen LogP contribution in [-0.4, -0.2) is 10.8 Å². The molecule has 12 heavy (non-hydrogen) atoms. The van der Waals surface area contributed by atoms with E-state index < -0.39 is 0 Å². The molecular weight excluding hydrogens is 152 g/mol. The molecule has 0 unspecified atom stereocenters. The Morgan fingerprint density at radius 3 is 2.58 bits per heavy atom. The van der Waals surface area contributed by atoms with Gasteiger partial charge in [0.25, 0.3) is 0 Å². The highest BCUT2D eigenvalue weighted by Gasteiger charge is 2.04. The first kappa shape index (κ1) is 8.59. The Morgan fingerprint density at radius 1 is 1.50 bits per heavy atom. The number of phenols is 1. The van der Waals surface area contributed by atoms with Gasteiger partial charge < -0.3 is 16.2 Å². The number of rotatable bonds is 1. The predicted octanol–water partition coefficient (Wildman–Crippen LogP) is 1.67. The van der Waals surface area contributed by atoms with Crippen molar-refractivity contribution >= 4 is 11.4 Å². The third-order valence-electron chi connectivity index (χ3n) is 1.77. The molecule has 4 N–H and O–H groups in total. The zero-order valence-electron chi connectivity index (χ0n) is 7.18. The van der Waals surface area contributed by atoms with Gasteiger partial charge in [0.15, 0.2) is 0 Å². The second kappa shape index (κ2) is 2.85. The first-order chi connectivity index (χ1) is 5.52. The number of nitrogens with one attached hydrogen (secondary N) is 1. The number of nitrogens with two attached hydrogens (primary N) is 1. The van der Waals surface area contributed by atoms with Crippen molar-refractivity contribution < 1.29 is 5.11 Å². The van der Waals surface area contributed by atoms with Crippen LogP contribution in [0.15, 0.2) is 12.1 Å².